The summed E-state index contributed by atoms with van der Waals surface area (Å²) in [5.41, 5.74) is 0.481. The van der Waals surface area contributed by atoms with Crippen LogP contribution in [0.4, 0.5) is 4.39 Å². The maximum atomic E-state index is 14.9. The van der Waals surface area contributed by atoms with E-state index in [4.69, 9.17) is 0 Å². The smallest absolute Gasteiger partial charge is 0.338 e. The molecule has 0 aliphatic heterocycles. The van der Waals surface area contributed by atoms with Gasteiger partial charge in [0.05, 0.1) is 5.56 Å². The Kier molecular flexibility index (Phi) is 6.16. The number of allylic oxidation sites excluding steroid dienone is 2. The molecule has 0 saturated heterocycles. The van der Waals surface area contributed by atoms with Crippen molar-refractivity contribution in [3.63, 3.8) is 0 Å². The van der Waals surface area contributed by atoms with E-state index < -0.39 is 11.8 Å². The predicted octanol–water partition coefficient (Wildman–Crippen LogP) is 7.48. The SMILES string of the molecule is Cl.O=C(O)c1cccc(C2CCC3C(CCC4C3CCC3C5CC=CC5CCC34)C2)c1F. The Balaban J connectivity index is 0.00000216. The monoisotopic (exact) mass is 458 g/mol. The van der Waals surface area contributed by atoms with Crippen LogP contribution in [-0.2, 0) is 0 Å². The van der Waals surface area contributed by atoms with Gasteiger partial charge in [-0.2, -0.15) is 0 Å². The fourth-order valence-electron chi connectivity index (χ4n) is 9.19. The van der Waals surface area contributed by atoms with Gasteiger partial charge in [0.2, 0.25) is 0 Å². The van der Waals surface area contributed by atoms with E-state index in [2.05, 4.69) is 12.2 Å². The van der Waals surface area contributed by atoms with Crippen LogP contribution in [0.25, 0.3) is 0 Å². The second kappa shape index (κ2) is 8.78. The number of benzene rings is 1. The average Bonchev–Trinajstić information content (AvgIpc) is 3.27. The lowest BCUT2D eigenvalue weighted by molar-refractivity contribution is -0.0655. The first kappa shape index (κ1) is 22.4. The molecule has 32 heavy (non-hydrogen) atoms. The number of carbonyl (C=O) groups is 1. The van der Waals surface area contributed by atoms with E-state index in [0.29, 0.717) is 11.5 Å². The van der Waals surface area contributed by atoms with E-state index in [9.17, 15) is 14.3 Å². The van der Waals surface area contributed by atoms with Crippen LogP contribution in [0.1, 0.15) is 86.0 Å². The molecule has 4 saturated carbocycles. The number of carboxylic acids is 1. The fraction of sp³-hybridized carbons (Fsp3) is 0.679. The molecule has 0 radical (unpaired) electrons. The van der Waals surface area contributed by atoms with Gasteiger partial charge in [-0.25, -0.2) is 9.18 Å². The third-order valence-corrected chi connectivity index (χ3v) is 10.4. The van der Waals surface area contributed by atoms with Crippen molar-refractivity contribution in [3.8, 4) is 0 Å². The first-order chi connectivity index (χ1) is 15.1. The van der Waals surface area contributed by atoms with Crippen LogP contribution in [-0.4, -0.2) is 11.1 Å². The molecule has 4 heteroatoms. The van der Waals surface area contributed by atoms with E-state index in [0.717, 1.165) is 54.3 Å². The minimum absolute atomic E-state index is 0. The molecule has 6 rings (SSSR count). The maximum absolute atomic E-state index is 14.9. The Labute approximate surface area is 197 Å². The molecule has 0 amide bonds. The Morgan fingerprint density at radius 2 is 1.50 bits per heavy atom. The first-order valence-corrected chi connectivity index (χ1v) is 12.8. The summed E-state index contributed by atoms with van der Waals surface area (Å²) in [6.45, 7) is 0. The van der Waals surface area contributed by atoms with Gasteiger partial charge in [0, 0.05) is 0 Å². The van der Waals surface area contributed by atoms with Gasteiger partial charge < -0.3 is 5.11 Å². The number of carboxylic acid groups (broad SMARTS) is 1. The molecule has 0 spiro atoms. The largest absolute Gasteiger partial charge is 0.478 e. The zero-order valence-electron chi connectivity index (χ0n) is 18.8. The van der Waals surface area contributed by atoms with E-state index in [1.165, 1.54) is 57.4 Å². The number of hydrogen-bond donors (Lipinski definition) is 1. The highest BCUT2D eigenvalue weighted by Crippen LogP contribution is 2.61. The van der Waals surface area contributed by atoms with Crippen LogP contribution in [0, 0.1) is 53.2 Å². The lowest BCUT2D eigenvalue weighted by Gasteiger charge is -2.57. The number of hydrogen-bond acceptors (Lipinski definition) is 1. The molecule has 2 nitrogen and oxygen atoms in total. The normalized spacial score (nSPS) is 42.1. The van der Waals surface area contributed by atoms with Crippen LogP contribution in [0.3, 0.4) is 0 Å². The number of rotatable bonds is 2. The minimum atomic E-state index is -1.16. The van der Waals surface area contributed by atoms with Gasteiger partial charge in [-0.1, -0.05) is 24.3 Å². The molecule has 1 aromatic rings. The molecule has 0 bridgehead atoms. The van der Waals surface area contributed by atoms with Gasteiger partial charge in [-0.3, -0.25) is 0 Å². The molecule has 9 unspecified atom stereocenters. The average molecular weight is 459 g/mol. The van der Waals surface area contributed by atoms with Crippen molar-refractivity contribution in [3.05, 3.63) is 47.3 Å². The molecule has 1 N–H and O–H groups in total. The van der Waals surface area contributed by atoms with Crippen LogP contribution in [0.2, 0.25) is 0 Å². The summed E-state index contributed by atoms with van der Waals surface area (Å²) in [5.74, 6) is 5.64. The summed E-state index contributed by atoms with van der Waals surface area (Å²) >= 11 is 0. The maximum Gasteiger partial charge on any atom is 0.338 e. The fourth-order valence-corrected chi connectivity index (χ4v) is 9.19. The molecule has 9 atom stereocenters. The van der Waals surface area contributed by atoms with Crippen molar-refractivity contribution in [2.24, 2.45) is 47.3 Å². The summed E-state index contributed by atoms with van der Waals surface area (Å²) in [4.78, 5) is 11.4. The molecular weight excluding hydrogens is 423 g/mol. The zero-order valence-corrected chi connectivity index (χ0v) is 19.6. The summed E-state index contributed by atoms with van der Waals surface area (Å²) in [6.07, 6.45) is 18.0. The lowest BCUT2D eigenvalue weighted by Crippen LogP contribution is -2.48. The van der Waals surface area contributed by atoms with Crippen molar-refractivity contribution in [2.75, 3.05) is 0 Å². The highest BCUT2D eigenvalue weighted by molar-refractivity contribution is 5.88. The third-order valence-electron chi connectivity index (χ3n) is 10.4. The summed E-state index contributed by atoms with van der Waals surface area (Å²) < 4.78 is 14.9. The van der Waals surface area contributed by atoms with E-state index in [-0.39, 0.29) is 23.9 Å². The van der Waals surface area contributed by atoms with E-state index in [1.54, 1.807) is 6.07 Å². The molecule has 5 aliphatic carbocycles. The molecular formula is C28H36ClFO2. The second-order valence-electron chi connectivity index (χ2n) is 11.3. The molecule has 174 valence electrons. The molecule has 1 aromatic carbocycles. The quantitative estimate of drug-likeness (QED) is 0.466. The third kappa shape index (κ3) is 3.54. The zero-order chi connectivity index (χ0) is 21.1. The van der Waals surface area contributed by atoms with Crippen molar-refractivity contribution in [1.82, 2.24) is 0 Å². The van der Waals surface area contributed by atoms with Gasteiger partial charge in [-0.15, -0.1) is 12.4 Å². The van der Waals surface area contributed by atoms with Crippen LogP contribution < -0.4 is 0 Å². The molecule has 4 fully saturated rings. The topological polar surface area (TPSA) is 37.3 Å². The Morgan fingerprint density at radius 1 is 0.844 bits per heavy atom. The van der Waals surface area contributed by atoms with Gasteiger partial charge in [0.1, 0.15) is 5.82 Å². The Hall–Kier alpha value is -1.35. The number of fused-ring (bicyclic) bond motifs is 7. The highest BCUT2D eigenvalue weighted by atomic mass is 35.5. The molecule has 5 aliphatic rings. The van der Waals surface area contributed by atoms with Crippen LogP contribution >= 0.6 is 12.4 Å². The van der Waals surface area contributed by atoms with Crippen molar-refractivity contribution in [1.29, 1.82) is 0 Å². The van der Waals surface area contributed by atoms with Crippen LogP contribution in [0.15, 0.2) is 30.4 Å². The highest BCUT2D eigenvalue weighted by Gasteiger charge is 2.52. The molecule has 0 heterocycles. The summed E-state index contributed by atoms with van der Waals surface area (Å²) in [5, 5.41) is 9.31. The van der Waals surface area contributed by atoms with Crippen molar-refractivity contribution >= 4 is 18.4 Å². The summed E-state index contributed by atoms with van der Waals surface area (Å²) in [7, 11) is 0. The number of aromatic carboxylic acids is 1. The van der Waals surface area contributed by atoms with Gasteiger partial charge in [0.25, 0.3) is 0 Å². The lowest BCUT2D eigenvalue weighted by atomic mass is 9.48. The summed E-state index contributed by atoms with van der Waals surface area (Å²) in [6, 6.07) is 4.95. The Bertz CT molecular complexity index is 897. The van der Waals surface area contributed by atoms with Gasteiger partial charge >= 0.3 is 5.97 Å². The van der Waals surface area contributed by atoms with Gasteiger partial charge in [0.15, 0.2) is 0 Å². The second-order valence-corrected chi connectivity index (χ2v) is 11.3. The standard InChI is InChI=1S/C28H35FO2.ClH/c29-27-21(5-2-6-26(27)28(30)31)18-8-10-20-17(15-18)9-12-25-23(20)14-13-22-19-4-1-3-16(19)7-11-24(22)25;/h1-3,5-6,16-20,22-25H,4,7-15H2,(H,30,31);1H. The van der Waals surface area contributed by atoms with Gasteiger partial charge in [-0.05, 0) is 129 Å². The van der Waals surface area contributed by atoms with Crippen molar-refractivity contribution in [2.45, 2.75) is 70.1 Å². The van der Waals surface area contributed by atoms with Crippen LogP contribution in [0.5, 0.6) is 0 Å². The predicted molar refractivity (Wildman–Crippen MR) is 127 cm³/mol. The van der Waals surface area contributed by atoms with E-state index >= 15 is 0 Å². The first-order valence-electron chi connectivity index (χ1n) is 12.8. The molecule has 0 aromatic heterocycles. The van der Waals surface area contributed by atoms with Crippen molar-refractivity contribution < 1.29 is 14.3 Å². The minimum Gasteiger partial charge on any atom is -0.478 e. The Morgan fingerprint density at radius 3 is 2.28 bits per heavy atom. The number of halogens is 2. The van der Waals surface area contributed by atoms with E-state index in [1.807, 2.05) is 6.07 Å².